The van der Waals surface area contributed by atoms with Gasteiger partial charge in [-0.3, -0.25) is 4.79 Å². The molecule has 2 aliphatic heterocycles. The van der Waals surface area contributed by atoms with Gasteiger partial charge in [-0.1, -0.05) is 18.6 Å². The number of hydrogen-bond donors (Lipinski definition) is 0. The summed E-state index contributed by atoms with van der Waals surface area (Å²) in [5, 5.41) is 0. The number of fused-ring (bicyclic) bond motifs is 4. The summed E-state index contributed by atoms with van der Waals surface area (Å²) >= 11 is 0. The van der Waals surface area contributed by atoms with Crippen LogP contribution in [0.4, 0.5) is 11.6 Å². The molecular weight excluding hydrogens is 412 g/mol. The van der Waals surface area contributed by atoms with Crippen LogP contribution >= 0.6 is 0 Å². The summed E-state index contributed by atoms with van der Waals surface area (Å²) in [6.07, 6.45) is 3.71. The van der Waals surface area contributed by atoms with Crippen molar-refractivity contribution >= 4 is 38.6 Å². The van der Waals surface area contributed by atoms with E-state index in [0.717, 1.165) is 41.5 Å². The molecule has 1 saturated carbocycles. The number of nitrogens with zero attached hydrogens (tertiary/aromatic N) is 4. The lowest BCUT2D eigenvalue weighted by molar-refractivity contribution is -0.125. The molecule has 1 amide bonds. The molecule has 6 rings (SSSR count). The highest BCUT2D eigenvalue weighted by atomic mass is 32.2. The van der Waals surface area contributed by atoms with Crippen LogP contribution in [0.25, 0.3) is 11.0 Å². The first-order chi connectivity index (χ1) is 14.9. The smallest absolute Gasteiger partial charge is 0.266 e. The number of amides is 1. The van der Waals surface area contributed by atoms with E-state index in [-0.39, 0.29) is 22.8 Å². The van der Waals surface area contributed by atoms with Gasteiger partial charge in [-0.05, 0) is 62.1 Å². The van der Waals surface area contributed by atoms with Gasteiger partial charge in [-0.25, -0.2) is 17.7 Å². The largest absolute Gasteiger partial charge is 0.309 e. The zero-order chi connectivity index (χ0) is 21.3. The van der Waals surface area contributed by atoms with E-state index >= 15 is 0 Å². The van der Waals surface area contributed by atoms with E-state index in [1.807, 2.05) is 40.7 Å². The molecule has 0 unspecified atom stereocenters. The fraction of sp³-hybridized carbons (Fsp3) is 0.391. The number of carbonyl (C=O) groups is 1. The zero-order valence-corrected chi connectivity index (χ0v) is 18.2. The van der Waals surface area contributed by atoms with Crippen LogP contribution in [0.3, 0.4) is 0 Å². The minimum absolute atomic E-state index is 0.0528. The molecule has 3 aliphatic rings. The number of imidazole rings is 1. The topological polar surface area (TPSA) is 75.5 Å². The van der Waals surface area contributed by atoms with Crippen LogP contribution in [-0.4, -0.2) is 36.5 Å². The lowest BCUT2D eigenvalue weighted by atomic mass is 9.84. The van der Waals surface area contributed by atoms with Crippen LogP contribution in [0.2, 0.25) is 0 Å². The maximum Gasteiger partial charge on any atom is 0.266 e. The van der Waals surface area contributed by atoms with Gasteiger partial charge in [0, 0.05) is 24.2 Å². The van der Waals surface area contributed by atoms with Crippen molar-refractivity contribution in [3.8, 4) is 0 Å². The van der Waals surface area contributed by atoms with Gasteiger partial charge >= 0.3 is 0 Å². The molecule has 3 aromatic rings. The zero-order valence-electron chi connectivity index (χ0n) is 17.4. The van der Waals surface area contributed by atoms with Gasteiger partial charge in [0.15, 0.2) is 0 Å². The Morgan fingerprint density at radius 3 is 2.68 bits per heavy atom. The second-order valence-electron chi connectivity index (χ2n) is 8.81. The lowest BCUT2D eigenvalue weighted by Gasteiger charge is -2.32. The molecule has 31 heavy (non-hydrogen) atoms. The summed E-state index contributed by atoms with van der Waals surface area (Å²) in [7, 11) is -3.74. The van der Waals surface area contributed by atoms with Gasteiger partial charge in [0.05, 0.1) is 22.5 Å². The second-order valence-corrected chi connectivity index (χ2v) is 10.7. The SMILES string of the molecule is C[C@@H]1Cc2cc(S(=O)(=O)N3CCn4c3nc3ccccc34)ccc2N1C(=O)C1CCC1. The predicted octanol–water partition coefficient (Wildman–Crippen LogP) is 3.32. The Morgan fingerprint density at radius 1 is 1.10 bits per heavy atom. The molecule has 1 atom stereocenters. The number of para-hydroxylation sites is 2. The van der Waals surface area contributed by atoms with Crippen LogP contribution in [0.1, 0.15) is 31.7 Å². The summed E-state index contributed by atoms with van der Waals surface area (Å²) in [6, 6.07) is 13.0. The van der Waals surface area contributed by atoms with E-state index in [2.05, 4.69) is 4.98 Å². The Morgan fingerprint density at radius 2 is 1.90 bits per heavy atom. The number of rotatable bonds is 3. The second kappa shape index (κ2) is 6.56. The Hall–Kier alpha value is -2.87. The van der Waals surface area contributed by atoms with Crippen LogP contribution in [0.15, 0.2) is 47.4 Å². The van der Waals surface area contributed by atoms with E-state index in [1.54, 1.807) is 18.2 Å². The molecule has 0 bridgehead atoms. The van der Waals surface area contributed by atoms with E-state index in [0.29, 0.717) is 25.5 Å². The van der Waals surface area contributed by atoms with Crippen molar-refractivity contribution in [3.05, 3.63) is 48.0 Å². The Balaban J connectivity index is 1.36. The summed E-state index contributed by atoms with van der Waals surface area (Å²) in [5.74, 6) is 0.771. The Bertz CT molecular complexity index is 1330. The summed E-state index contributed by atoms with van der Waals surface area (Å²) in [4.78, 5) is 19.6. The quantitative estimate of drug-likeness (QED) is 0.631. The first kappa shape index (κ1) is 18.9. The van der Waals surface area contributed by atoms with E-state index in [9.17, 15) is 13.2 Å². The molecule has 3 heterocycles. The molecule has 0 saturated heterocycles. The Kier molecular flexibility index (Phi) is 3.99. The molecular formula is C23H24N4O3S. The van der Waals surface area contributed by atoms with Gasteiger partial charge in [0.1, 0.15) is 0 Å². The van der Waals surface area contributed by atoms with Crippen LogP contribution in [0.5, 0.6) is 0 Å². The average Bonchev–Trinajstić information content (AvgIpc) is 3.36. The Labute approximate surface area is 181 Å². The van der Waals surface area contributed by atoms with E-state index in [1.165, 1.54) is 4.31 Å². The molecule has 0 spiro atoms. The molecule has 0 radical (unpaired) electrons. The molecule has 7 nitrogen and oxygen atoms in total. The number of carbonyl (C=O) groups excluding carboxylic acids is 1. The third-order valence-electron chi connectivity index (χ3n) is 6.93. The molecule has 1 aliphatic carbocycles. The number of aromatic nitrogens is 2. The number of benzene rings is 2. The average molecular weight is 437 g/mol. The van der Waals surface area contributed by atoms with Crippen LogP contribution in [0, 0.1) is 5.92 Å². The van der Waals surface area contributed by atoms with E-state index < -0.39 is 10.0 Å². The minimum atomic E-state index is -3.74. The highest BCUT2D eigenvalue weighted by Crippen LogP contribution is 2.39. The van der Waals surface area contributed by atoms with Crippen molar-refractivity contribution in [2.75, 3.05) is 15.7 Å². The van der Waals surface area contributed by atoms with Crippen molar-refractivity contribution < 1.29 is 13.2 Å². The predicted molar refractivity (Wildman–Crippen MR) is 119 cm³/mol. The number of hydrogen-bond acceptors (Lipinski definition) is 4. The first-order valence-corrected chi connectivity index (χ1v) is 12.3. The maximum absolute atomic E-state index is 13.5. The lowest BCUT2D eigenvalue weighted by Crippen LogP contribution is -2.42. The summed E-state index contributed by atoms with van der Waals surface area (Å²) < 4.78 is 30.4. The number of sulfonamides is 1. The highest BCUT2D eigenvalue weighted by molar-refractivity contribution is 7.92. The molecule has 1 fully saturated rings. The normalized spacial score (nSPS) is 20.7. The van der Waals surface area contributed by atoms with Crippen molar-refractivity contribution in [1.29, 1.82) is 0 Å². The van der Waals surface area contributed by atoms with Gasteiger partial charge in [0.2, 0.25) is 11.9 Å². The summed E-state index contributed by atoms with van der Waals surface area (Å²) in [5.41, 5.74) is 3.53. The summed E-state index contributed by atoms with van der Waals surface area (Å²) in [6.45, 7) is 2.99. The molecule has 2 aromatic carbocycles. The highest BCUT2D eigenvalue weighted by Gasteiger charge is 2.39. The van der Waals surface area contributed by atoms with Gasteiger partial charge in [0.25, 0.3) is 10.0 Å². The fourth-order valence-electron chi connectivity index (χ4n) is 5.08. The molecule has 160 valence electrons. The molecule has 1 aromatic heterocycles. The van der Waals surface area contributed by atoms with Gasteiger partial charge in [-0.15, -0.1) is 0 Å². The van der Waals surface area contributed by atoms with Crippen molar-refractivity contribution in [2.45, 2.75) is 50.1 Å². The molecule has 0 N–H and O–H groups in total. The van der Waals surface area contributed by atoms with Crippen molar-refractivity contribution in [1.82, 2.24) is 9.55 Å². The number of anilines is 2. The van der Waals surface area contributed by atoms with Crippen molar-refractivity contribution in [3.63, 3.8) is 0 Å². The monoisotopic (exact) mass is 436 g/mol. The third kappa shape index (κ3) is 2.67. The van der Waals surface area contributed by atoms with Crippen molar-refractivity contribution in [2.24, 2.45) is 5.92 Å². The third-order valence-corrected chi connectivity index (χ3v) is 8.71. The fourth-order valence-corrected chi connectivity index (χ4v) is 6.54. The van der Waals surface area contributed by atoms with Gasteiger partial charge in [-0.2, -0.15) is 0 Å². The van der Waals surface area contributed by atoms with E-state index in [4.69, 9.17) is 0 Å². The van der Waals surface area contributed by atoms with Crippen LogP contribution < -0.4 is 9.21 Å². The standard InChI is InChI=1S/C23H24N4O3S/c1-15-13-17-14-18(9-10-20(17)27(15)22(28)16-5-4-6-16)31(29,30)26-12-11-25-21-8-3-2-7-19(21)24-23(25)26/h2-3,7-10,14-16H,4-6,11-13H2,1H3/t15-/m1/s1. The minimum Gasteiger partial charge on any atom is -0.309 e. The molecule has 8 heteroatoms. The maximum atomic E-state index is 13.5. The van der Waals surface area contributed by atoms with Gasteiger partial charge < -0.3 is 9.47 Å². The first-order valence-electron chi connectivity index (χ1n) is 10.9. The van der Waals surface area contributed by atoms with Crippen LogP contribution in [-0.2, 0) is 27.8 Å².